The van der Waals surface area contributed by atoms with Crippen LogP contribution in [-0.4, -0.2) is 18.6 Å². The Labute approximate surface area is 121 Å². The van der Waals surface area contributed by atoms with Gasteiger partial charge < -0.3 is 0 Å². The zero-order valence-electron chi connectivity index (χ0n) is 10.7. The number of rotatable bonds is 3. The molecule has 21 heavy (non-hydrogen) atoms. The number of aromatic amines is 1. The first-order valence-corrected chi connectivity index (χ1v) is 7.53. The molecule has 7 heteroatoms. The van der Waals surface area contributed by atoms with Crippen molar-refractivity contribution in [3.8, 4) is 6.07 Å². The van der Waals surface area contributed by atoms with Gasteiger partial charge in [-0.1, -0.05) is 6.07 Å². The lowest BCUT2D eigenvalue weighted by atomic mass is 10.2. The smallest absolute Gasteiger partial charge is 0.261 e. The summed E-state index contributed by atoms with van der Waals surface area (Å²) in [7, 11) is -3.73. The Bertz CT molecular complexity index is 954. The Morgan fingerprint density at radius 1 is 1.19 bits per heavy atom. The van der Waals surface area contributed by atoms with Crippen molar-refractivity contribution < 1.29 is 8.42 Å². The summed E-state index contributed by atoms with van der Waals surface area (Å²) in [6, 6.07) is 12.9. The van der Waals surface area contributed by atoms with Gasteiger partial charge in [0, 0.05) is 11.1 Å². The Hall–Kier alpha value is -2.85. The Morgan fingerprint density at radius 2 is 2.05 bits per heavy atom. The first kappa shape index (κ1) is 13.1. The third kappa shape index (κ3) is 2.57. The predicted molar refractivity (Wildman–Crippen MR) is 78.1 cm³/mol. The summed E-state index contributed by atoms with van der Waals surface area (Å²) in [4.78, 5) is 0.0499. The van der Waals surface area contributed by atoms with E-state index in [2.05, 4.69) is 14.9 Å². The Balaban J connectivity index is 1.96. The molecule has 3 rings (SSSR count). The van der Waals surface area contributed by atoms with E-state index in [0.29, 0.717) is 11.3 Å². The summed E-state index contributed by atoms with van der Waals surface area (Å²) in [6.07, 6.45) is 1.61. The maximum atomic E-state index is 12.3. The molecule has 0 aliphatic rings. The van der Waals surface area contributed by atoms with E-state index < -0.39 is 10.0 Å². The first-order chi connectivity index (χ1) is 10.1. The number of H-pyrrole nitrogens is 1. The highest BCUT2D eigenvalue weighted by molar-refractivity contribution is 7.92. The average Bonchev–Trinajstić information content (AvgIpc) is 2.94. The van der Waals surface area contributed by atoms with Gasteiger partial charge in [-0.15, -0.1) is 0 Å². The van der Waals surface area contributed by atoms with Crippen molar-refractivity contribution in [3.05, 3.63) is 54.2 Å². The van der Waals surface area contributed by atoms with Gasteiger partial charge in [0.25, 0.3) is 10.0 Å². The van der Waals surface area contributed by atoms with Crippen LogP contribution in [0.15, 0.2) is 53.6 Å². The van der Waals surface area contributed by atoms with Crippen LogP contribution in [0.4, 0.5) is 5.69 Å². The summed E-state index contributed by atoms with van der Waals surface area (Å²) < 4.78 is 27.1. The van der Waals surface area contributed by atoms with Crippen molar-refractivity contribution in [2.24, 2.45) is 0 Å². The van der Waals surface area contributed by atoms with Gasteiger partial charge in [0.05, 0.1) is 28.2 Å². The third-order valence-electron chi connectivity index (χ3n) is 2.97. The topological polar surface area (TPSA) is 98.6 Å². The molecule has 2 aromatic carbocycles. The zero-order chi connectivity index (χ0) is 14.9. The van der Waals surface area contributed by atoms with Crippen LogP contribution >= 0.6 is 0 Å². The molecular formula is C14H10N4O2S. The lowest BCUT2D eigenvalue weighted by Gasteiger charge is -2.08. The molecule has 0 aliphatic carbocycles. The van der Waals surface area contributed by atoms with E-state index >= 15 is 0 Å². The van der Waals surface area contributed by atoms with Crippen LogP contribution in [0.1, 0.15) is 5.56 Å². The molecule has 3 aromatic rings. The summed E-state index contributed by atoms with van der Waals surface area (Å²) in [5.41, 5.74) is 1.55. The summed E-state index contributed by atoms with van der Waals surface area (Å²) >= 11 is 0. The molecule has 0 bridgehead atoms. The number of benzene rings is 2. The highest BCUT2D eigenvalue weighted by Gasteiger charge is 2.15. The number of nitrogens with zero attached hydrogens (tertiary/aromatic N) is 2. The fourth-order valence-corrected chi connectivity index (χ4v) is 3.05. The highest BCUT2D eigenvalue weighted by atomic mass is 32.2. The van der Waals surface area contributed by atoms with Gasteiger partial charge in [-0.3, -0.25) is 9.82 Å². The molecule has 0 spiro atoms. The van der Waals surface area contributed by atoms with Crippen LogP contribution < -0.4 is 4.72 Å². The maximum Gasteiger partial charge on any atom is 0.261 e. The number of sulfonamides is 1. The molecule has 0 aliphatic heterocycles. The standard InChI is InChI=1S/C14H10N4O2S/c15-8-10-2-1-3-13(6-10)21(19,20)18-12-4-5-14-11(7-12)9-16-17-14/h1-7,9,18H,(H,16,17). The van der Waals surface area contributed by atoms with Crippen molar-refractivity contribution in [1.29, 1.82) is 5.26 Å². The summed E-state index contributed by atoms with van der Waals surface area (Å²) in [5.74, 6) is 0. The quantitative estimate of drug-likeness (QED) is 0.774. The van der Waals surface area contributed by atoms with Crippen molar-refractivity contribution >= 4 is 26.6 Å². The first-order valence-electron chi connectivity index (χ1n) is 6.05. The molecule has 104 valence electrons. The SMILES string of the molecule is N#Cc1cccc(S(=O)(=O)Nc2ccc3[nH]ncc3c2)c1. The molecule has 1 aromatic heterocycles. The normalized spacial score (nSPS) is 11.2. The third-order valence-corrected chi connectivity index (χ3v) is 4.34. The Kier molecular flexibility index (Phi) is 3.08. The largest absolute Gasteiger partial charge is 0.280 e. The number of nitrogens with one attached hydrogen (secondary N) is 2. The molecule has 2 N–H and O–H groups in total. The number of nitriles is 1. The van der Waals surface area contributed by atoms with Crippen molar-refractivity contribution in [3.63, 3.8) is 0 Å². The van der Waals surface area contributed by atoms with E-state index in [1.54, 1.807) is 30.5 Å². The number of anilines is 1. The van der Waals surface area contributed by atoms with E-state index in [1.165, 1.54) is 18.2 Å². The lowest BCUT2D eigenvalue weighted by Crippen LogP contribution is -2.12. The Morgan fingerprint density at radius 3 is 2.86 bits per heavy atom. The second kappa shape index (κ2) is 4.92. The fourth-order valence-electron chi connectivity index (χ4n) is 1.95. The van der Waals surface area contributed by atoms with Gasteiger partial charge in [0.2, 0.25) is 0 Å². The van der Waals surface area contributed by atoms with Gasteiger partial charge in [0.15, 0.2) is 0 Å². The van der Waals surface area contributed by atoms with Gasteiger partial charge >= 0.3 is 0 Å². The summed E-state index contributed by atoms with van der Waals surface area (Å²) in [6.45, 7) is 0. The van der Waals surface area contributed by atoms with Crippen LogP contribution in [0.3, 0.4) is 0 Å². The number of fused-ring (bicyclic) bond motifs is 1. The zero-order valence-corrected chi connectivity index (χ0v) is 11.6. The van der Waals surface area contributed by atoms with Gasteiger partial charge in [-0.05, 0) is 36.4 Å². The molecule has 6 nitrogen and oxygen atoms in total. The van der Waals surface area contributed by atoms with Crippen molar-refractivity contribution in [2.45, 2.75) is 4.90 Å². The van der Waals surface area contributed by atoms with Gasteiger partial charge in [-0.25, -0.2) is 8.42 Å². The molecule has 0 unspecified atom stereocenters. The lowest BCUT2D eigenvalue weighted by molar-refractivity contribution is 0.601. The highest BCUT2D eigenvalue weighted by Crippen LogP contribution is 2.20. The monoisotopic (exact) mass is 298 g/mol. The van der Waals surface area contributed by atoms with E-state index in [0.717, 1.165) is 10.9 Å². The number of aromatic nitrogens is 2. The molecule has 0 fully saturated rings. The van der Waals surface area contributed by atoms with E-state index in [-0.39, 0.29) is 4.90 Å². The summed E-state index contributed by atoms with van der Waals surface area (Å²) in [5, 5.41) is 16.3. The molecule has 0 atom stereocenters. The van der Waals surface area contributed by atoms with Gasteiger partial charge in [-0.2, -0.15) is 10.4 Å². The molecule has 0 radical (unpaired) electrons. The second-order valence-corrected chi connectivity index (χ2v) is 6.10. The van der Waals surface area contributed by atoms with Crippen LogP contribution in [-0.2, 0) is 10.0 Å². The molecule has 1 heterocycles. The van der Waals surface area contributed by atoms with Crippen LogP contribution in [0.2, 0.25) is 0 Å². The van der Waals surface area contributed by atoms with E-state index in [9.17, 15) is 8.42 Å². The van der Waals surface area contributed by atoms with Crippen molar-refractivity contribution in [2.75, 3.05) is 4.72 Å². The molecular weight excluding hydrogens is 288 g/mol. The van der Waals surface area contributed by atoms with Crippen LogP contribution in [0.5, 0.6) is 0 Å². The minimum Gasteiger partial charge on any atom is -0.280 e. The maximum absolute atomic E-state index is 12.3. The predicted octanol–water partition coefficient (Wildman–Crippen LogP) is 2.24. The minimum absolute atomic E-state index is 0.0499. The molecule has 0 saturated carbocycles. The molecule has 0 amide bonds. The fraction of sp³-hybridized carbons (Fsp3) is 0. The number of hydrogen-bond acceptors (Lipinski definition) is 4. The van der Waals surface area contributed by atoms with E-state index in [1.807, 2.05) is 6.07 Å². The second-order valence-electron chi connectivity index (χ2n) is 4.42. The van der Waals surface area contributed by atoms with E-state index in [4.69, 9.17) is 5.26 Å². The van der Waals surface area contributed by atoms with Gasteiger partial charge in [0.1, 0.15) is 0 Å². The average molecular weight is 298 g/mol. The van der Waals surface area contributed by atoms with Crippen molar-refractivity contribution in [1.82, 2.24) is 10.2 Å². The van der Waals surface area contributed by atoms with Crippen LogP contribution in [0, 0.1) is 11.3 Å². The number of hydrogen-bond donors (Lipinski definition) is 2. The minimum atomic E-state index is -3.73. The van der Waals surface area contributed by atoms with Crippen LogP contribution in [0.25, 0.3) is 10.9 Å². The molecule has 0 saturated heterocycles.